The van der Waals surface area contributed by atoms with Crippen molar-refractivity contribution in [1.82, 2.24) is 9.55 Å². The highest BCUT2D eigenvalue weighted by molar-refractivity contribution is 5.92. The van der Waals surface area contributed by atoms with Gasteiger partial charge in [0.15, 0.2) is 0 Å². The van der Waals surface area contributed by atoms with Crippen LogP contribution in [-0.2, 0) is 11.3 Å². The van der Waals surface area contributed by atoms with Gasteiger partial charge < -0.3 is 20.1 Å². The van der Waals surface area contributed by atoms with Crippen LogP contribution in [0.2, 0.25) is 0 Å². The first kappa shape index (κ1) is 20.9. The molecule has 3 N–H and O–H groups in total. The molecule has 2 unspecified atom stereocenters. The Morgan fingerprint density at radius 2 is 1.88 bits per heavy atom. The summed E-state index contributed by atoms with van der Waals surface area (Å²) in [6, 6.07) is 15.8. The van der Waals surface area contributed by atoms with Crippen molar-refractivity contribution in [1.29, 1.82) is 0 Å². The summed E-state index contributed by atoms with van der Waals surface area (Å²) in [7, 11) is 0. The molecule has 0 spiro atoms. The second kappa shape index (κ2) is 8.88. The second-order valence-electron chi connectivity index (χ2n) is 9.00. The summed E-state index contributed by atoms with van der Waals surface area (Å²) in [5.41, 5.74) is 10.5. The molecule has 1 saturated carbocycles. The maximum Gasteiger partial charge on any atom is 0.248 e. The van der Waals surface area contributed by atoms with Crippen LogP contribution in [0.15, 0.2) is 61.1 Å². The van der Waals surface area contributed by atoms with Crippen LogP contribution in [0.3, 0.4) is 0 Å². The molecule has 1 aromatic heterocycles. The van der Waals surface area contributed by atoms with Gasteiger partial charge in [0.2, 0.25) is 5.91 Å². The first-order valence-electron chi connectivity index (χ1n) is 11.4. The predicted octanol–water partition coefficient (Wildman–Crippen LogP) is 4.08. The Kier molecular flexibility index (Phi) is 5.81. The molecule has 1 amide bonds. The molecule has 2 atom stereocenters. The third kappa shape index (κ3) is 4.08. The highest BCUT2D eigenvalue weighted by Crippen LogP contribution is 2.42. The van der Waals surface area contributed by atoms with Gasteiger partial charge in [-0.25, -0.2) is 4.98 Å². The van der Waals surface area contributed by atoms with Crippen LogP contribution in [0.5, 0.6) is 0 Å². The highest BCUT2D eigenvalue weighted by Gasteiger charge is 2.33. The summed E-state index contributed by atoms with van der Waals surface area (Å²) < 4.78 is 8.30. The zero-order chi connectivity index (χ0) is 22.1. The van der Waals surface area contributed by atoms with Gasteiger partial charge in [0.25, 0.3) is 0 Å². The summed E-state index contributed by atoms with van der Waals surface area (Å²) >= 11 is 0. The largest absolute Gasteiger partial charge is 0.393 e. The average Bonchev–Trinajstić information content (AvgIpc) is 3.41. The number of ether oxygens (including phenoxy) is 1. The fourth-order valence-electron chi connectivity index (χ4n) is 5.21. The molecule has 32 heavy (non-hydrogen) atoms. The number of aliphatic hydroxyl groups is 1. The third-order valence-corrected chi connectivity index (χ3v) is 7.05. The summed E-state index contributed by atoms with van der Waals surface area (Å²) in [6.07, 6.45) is 8.23. The van der Waals surface area contributed by atoms with Crippen LogP contribution >= 0.6 is 0 Å². The SMILES string of the molecule is NC(=O)c1ccc(COC2CCC(C(O)CC3c4ccccc4-c4cncn43)CC2)cc1. The normalized spacial score (nSPS) is 22.8. The number of aliphatic hydroxyl groups excluding tert-OH is 1. The van der Waals surface area contributed by atoms with Crippen molar-refractivity contribution in [2.45, 2.75) is 57.0 Å². The highest BCUT2D eigenvalue weighted by atomic mass is 16.5. The van der Waals surface area contributed by atoms with Gasteiger partial charge in [0.1, 0.15) is 0 Å². The van der Waals surface area contributed by atoms with Gasteiger partial charge in [-0.1, -0.05) is 36.4 Å². The van der Waals surface area contributed by atoms with Crippen LogP contribution in [-0.4, -0.2) is 32.8 Å². The Labute approximate surface area is 188 Å². The second-order valence-corrected chi connectivity index (χ2v) is 9.00. The molecule has 2 aromatic carbocycles. The lowest BCUT2D eigenvalue weighted by atomic mass is 9.81. The third-order valence-electron chi connectivity index (χ3n) is 7.05. The topological polar surface area (TPSA) is 90.4 Å². The molecule has 0 radical (unpaired) electrons. The van der Waals surface area contributed by atoms with E-state index < -0.39 is 5.91 Å². The molecule has 1 aliphatic carbocycles. The number of amides is 1. The van der Waals surface area contributed by atoms with Gasteiger partial charge in [-0.15, -0.1) is 0 Å². The van der Waals surface area contributed by atoms with Crippen LogP contribution in [0.4, 0.5) is 0 Å². The standard InChI is InChI=1S/C26H29N3O3/c27-26(31)19-7-5-17(6-8-19)15-32-20-11-9-18(10-12-20)25(30)13-23-21-3-1-2-4-22(21)24-14-28-16-29(23)24/h1-8,14,16,18,20,23,25,30H,9-13,15H2,(H2,27,31). The molecule has 3 aromatic rings. The summed E-state index contributed by atoms with van der Waals surface area (Å²) in [4.78, 5) is 15.5. The summed E-state index contributed by atoms with van der Waals surface area (Å²) in [6.45, 7) is 0.527. The van der Waals surface area contributed by atoms with E-state index in [4.69, 9.17) is 10.5 Å². The van der Waals surface area contributed by atoms with Crippen molar-refractivity contribution in [2.24, 2.45) is 11.7 Å². The number of nitrogens with zero attached hydrogens (tertiary/aromatic N) is 2. The van der Waals surface area contributed by atoms with E-state index in [1.165, 1.54) is 11.1 Å². The minimum absolute atomic E-state index is 0.149. The number of primary amides is 1. The number of carbonyl (C=O) groups is 1. The van der Waals surface area contributed by atoms with E-state index in [9.17, 15) is 9.90 Å². The average molecular weight is 432 g/mol. The molecular weight excluding hydrogens is 402 g/mol. The molecule has 6 heteroatoms. The predicted molar refractivity (Wildman–Crippen MR) is 122 cm³/mol. The van der Waals surface area contributed by atoms with E-state index >= 15 is 0 Å². The molecule has 5 rings (SSSR count). The molecular formula is C26H29N3O3. The van der Waals surface area contributed by atoms with Crippen LogP contribution in [0, 0.1) is 5.92 Å². The number of carbonyl (C=O) groups excluding carboxylic acids is 1. The van der Waals surface area contributed by atoms with Gasteiger partial charge in [-0.3, -0.25) is 4.79 Å². The van der Waals surface area contributed by atoms with Gasteiger partial charge in [-0.2, -0.15) is 0 Å². The Hall–Kier alpha value is -2.96. The van der Waals surface area contributed by atoms with Crippen LogP contribution < -0.4 is 5.73 Å². The Bertz CT molecular complexity index is 1080. The molecule has 2 heterocycles. The number of imidazole rings is 1. The van der Waals surface area contributed by atoms with Crippen molar-refractivity contribution >= 4 is 5.91 Å². The zero-order valence-corrected chi connectivity index (χ0v) is 18.1. The van der Waals surface area contributed by atoms with Crippen molar-refractivity contribution in [2.75, 3.05) is 0 Å². The van der Waals surface area contributed by atoms with Crippen molar-refractivity contribution in [3.8, 4) is 11.3 Å². The van der Waals surface area contributed by atoms with E-state index in [0.29, 0.717) is 24.5 Å². The Morgan fingerprint density at radius 3 is 2.62 bits per heavy atom. The molecule has 1 fully saturated rings. The zero-order valence-electron chi connectivity index (χ0n) is 18.1. The lowest BCUT2D eigenvalue weighted by Gasteiger charge is -2.32. The summed E-state index contributed by atoms with van der Waals surface area (Å²) in [5.74, 6) is -0.121. The smallest absolute Gasteiger partial charge is 0.248 e. The van der Waals surface area contributed by atoms with E-state index in [0.717, 1.165) is 36.9 Å². The lowest BCUT2D eigenvalue weighted by molar-refractivity contribution is -0.0160. The van der Waals surface area contributed by atoms with E-state index in [-0.39, 0.29) is 18.2 Å². The van der Waals surface area contributed by atoms with Crippen molar-refractivity contribution < 1.29 is 14.6 Å². The van der Waals surface area contributed by atoms with Crippen molar-refractivity contribution in [3.63, 3.8) is 0 Å². The number of benzene rings is 2. The van der Waals surface area contributed by atoms with Gasteiger partial charge in [-0.05, 0) is 61.3 Å². The van der Waals surface area contributed by atoms with Crippen LogP contribution in [0.25, 0.3) is 11.3 Å². The maximum atomic E-state index is 11.2. The first-order chi connectivity index (χ1) is 15.6. The fraction of sp³-hybridized carbons (Fsp3) is 0.385. The quantitative estimate of drug-likeness (QED) is 0.590. The monoisotopic (exact) mass is 431 g/mol. The van der Waals surface area contributed by atoms with E-state index in [2.05, 4.69) is 33.8 Å². The number of nitrogens with two attached hydrogens (primary N) is 1. The minimum Gasteiger partial charge on any atom is -0.393 e. The minimum atomic E-state index is -0.417. The first-order valence-corrected chi connectivity index (χ1v) is 11.4. The Morgan fingerprint density at radius 1 is 1.12 bits per heavy atom. The molecule has 166 valence electrons. The van der Waals surface area contributed by atoms with E-state index in [1.807, 2.05) is 24.7 Å². The van der Waals surface area contributed by atoms with Crippen molar-refractivity contribution in [3.05, 3.63) is 77.7 Å². The summed E-state index contributed by atoms with van der Waals surface area (Å²) in [5, 5.41) is 11.1. The fourth-order valence-corrected chi connectivity index (χ4v) is 5.21. The van der Waals surface area contributed by atoms with E-state index in [1.54, 1.807) is 12.1 Å². The lowest BCUT2D eigenvalue weighted by Crippen LogP contribution is -2.30. The maximum absolute atomic E-state index is 11.2. The number of rotatable bonds is 7. The van der Waals surface area contributed by atoms with Gasteiger partial charge >= 0.3 is 0 Å². The number of hydrogen-bond acceptors (Lipinski definition) is 4. The molecule has 2 aliphatic rings. The van der Waals surface area contributed by atoms with Crippen LogP contribution in [0.1, 0.15) is 59.6 Å². The van der Waals surface area contributed by atoms with Gasteiger partial charge in [0.05, 0.1) is 43.1 Å². The number of aromatic nitrogens is 2. The number of fused-ring (bicyclic) bond motifs is 3. The number of hydrogen-bond donors (Lipinski definition) is 2. The van der Waals surface area contributed by atoms with Gasteiger partial charge in [0, 0.05) is 11.1 Å². The molecule has 0 bridgehead atoms. The molecule has 0 saturated heterocycles. The molecule has 6 nitrogen and oxygen atoms in total. The molecule has 1 aliphatic heterocycles. The Balaban J connectivity index is 1.14.